The minimum absolute atomic E-state index is 0.164. The van der Waals surface area contributed by atoms with Crippen LogP contribution in [0.4, 0.5) is 0 Å². The quantitative estimate of drug-likeness (QED) is 0.849. The fourth-order valence-electron chi connectivity index (χ4n) is 2.06. The van der Waals surface area contributed by atoms with Crippen molar-refractivity contribution < 1.29 is 18.3 Å². The zero-order chi connectivity index (χ0) is 14.2. The molecule has 2 unspecified atom stereocenters. The number of aliphatic hydroxyl groups is 1. The Hall–Kier alpha value is -0.630. The van der Waals surface area contributed by atoms with E-state index in [1.807, 2.05) is 13.0 Å². The molecule has 2 rings (SSSR count). The number of nitrogens with two attached hydrogens (primary N) is 1. The maximum Gasteiger partial charge on any atom is 0.156 e. The van der Waals surface area contributed by atoms with Gasteiger partial charge < -0.3 is 15.6 Å². The molecule has 0 bridgehead atoms. The number of hydrogen-bond acceptors (Lipinski definition) is 5. The van der Waals surface area contributed by atoms with E-state index in [4.69, 9.17) is 10.5 Å². The Morgan fingerprint density at radius 2 is 2.16 bits per heavy atom. The van der Waals surface area contributed by atoms with Crippen LogP contribution in [-0.4, -0.2) is 37.2 Å². The van der Waals surface area contributed by atoms with Crippen molar-refractivity contribution in [3.05, 3.63) is 28.2 Å². The molecule has 0 saturated carbocycles. The third-order valence-corrected chi connectivity index (χ3v) is 5.19. The molecular weight excluding hydrogens is 334 g/mol. The summed E-state index contributed by atoms with van der Waals surface area (Å²) < 4.78 is 29.4. The highest BCUT2D eigenvalue weighted by molar-refractivity contribution is 9.10. The number of rotatable bonds is 3. The first-order valence-corrected chi connectivity index (χ1v) is 8.50. The van der Waals surface area contributed by atoms with Crippen molar-refractivity contribution in [3.8, 4) is 5.75 Å². The van der Waals surface area contributed by atoms with Crippen LogP contribution in [0.3, 0.4) is 0 Å². The third kappa shape index (κ3) is 3.47. The van der Waals surface area contributed by atoms with Crippen molar-refractivity contribution in [1.82, 2.24) is 0 Å². The summed E-state index contributed by atoms with van der Waals surface area (Å²) in [5, 5.41) is 9.73. The normalized spacial score (nSPS) is 27.2. The standard InChI is InChI=1S/C12H16BrNO4S/c1-7(14)9-4-8(13)2-3-11(9)18-12-6-19(16,17)5-10(12)15/h2-4,7,10,12,15H,5-6,14H2,1H3/t7-,10?,12?/m0/s1. The molecule has 3 N–H and O–H groups in total. The van der Waals surface area contributed by atoms with E-state index >= 15 is 0 Å². The summed E-state index contributed by atoms with van der Waals surface area (Å²) in [6.45, 7) is 1.82. The van der Waals surface area contributed by atoms with Gasteiger partial charge in [0.15, 0.2) is 9.84 Å². The summed E-state index contributed by atoms with van der Waals surface area (Å²) in [6, 6.07) is 5.09. The SMILES string of the molecule is C[C@H](N)c1cc(Br)ccc1OC1CS(=O)(=O)CC1O. The largest absolute Gasteiger partial charge is 0.486 e. The van der Waals surface area contributed by atoms with E-state index in [0.29, 0.717) is 5.75 Å². The lowest BCUT2D eigenvalue weighted by molar-refractivity contribution is 0.0729. The Balaban J connectivity index is 2.25. The Kier molecular flexibility index (Phi) is 4.20. The fraction of sp³-hybridized carbons (Fsp3) is 0.500. The molecule has 1 heterocycles. The van der Waals surface area contributed by atoms with E-state index in [1.54, 1.807) is 12.1 Å². The van der Waals surface area contributed by atoms with Gasteiger partial charge >= 0.3 is 0 Å². The van der Waals surface area contributed by atoms with Crippen molar-refractivity contribution in [1.29, 1.82) is 0 Å². The predicted molar refractivity (Wildman–Crippen MR) is 75.8 cm³/mol. The first-order chi connectivity index (χ1) is 8.78. The first-order valence-electron chi connectivity index (χ1n) is 5.88. The van der Waals surface area contributed by atoms with Crippen LogP contribution in [-0.2, 0) is 9.84 Å². The molecule has 1 saturated heterocycles. The number of ether oxygens (including phenoxy) is 1. The second-order valence-corrected chi connectivity index (χ2v) is 7.84. The lowest BCUT2D eigenvalue weighted by Gasteiger charge is -2.20. The van der Waals surface area contributed by atoms with Crippen molar-refractivity contribution in [2.45, 2.75) is 25.2 Å². The summed E-state index contributed by atoms with van der Waals surface area (Å²) in [5.41, 5.74) is 6.63. The monoisotopic (exact) mass is 349 g/mol. The van der Waals surface area contributed by atoms with Crippen LogP contribution >= 0.6 is 15.9 Å². The van der Waals surface area contributed by atoms with Gasteiger partial charge in [0.2, 0.25) is 0 Å². The lowest BCUT2D eigenvalue weighted by atomic mass is 10.1. The molecule has 0 aromatic heterocycles. The van der Waals surface area contributed by atoms with Gasteiger partial charge in [-0.25, -0.2) is 8.42 Å². The topological polar surface area (TPSA) is 89.6 Å². The van der Waals surface area contributed by atoms with Crippen LogP contribution in [0.25, 0.3) is 0 Å². The molecule has 7 heteroatoms. The fourth-order valence-corrected chi connectivity index (χ4v) is 4.10. The van der Waals surface area contributed by atoms with Crippen molar-refractivity contribution in [2.24, 2.45) is 5.73 Å². The molecule has 1 aromatic rings. The average molecular weight is 350 g/mol. The summed E-state index contributed by atoms with van der Waals surface area (Å²) in [6.07, 6.45) is -1.72. The zero-order valence-electron chi connectivity index (χ0n) is 10.4. The van der Waals surface area contributed by atoms with E-state index in [1.165, 1.54) is 0 Å². The van der Waals surface area contributed by atoms with Crippen LogP contribution in [0.2, 0.25) is 0 Å². The summed E-state index contributed by atoms with van der Waals surface area (Å²) in [5.74, 6) is 0.101. The molecular formula is C12H16BrNO4S. The van der Waals surface area contributed by atoms with Gasteiger partial charge in [-0.15, -0.1) is 0 Å². The van der Waals surface area contributed by atoms with Crippen LogP contribution in [0, 0.1) is 0 Å². The molecule has 0 amide bonds. The van der Waals surface area contributed by atoms with Crippen molar-refractivity contribution in [3.63, 3.8) is 0 Å². The molecule has 1 aliphatic rings. The molecule has 1 fully saturated rings. The maximum absolute atomic E-state index is 11.4. The molecule has 1 aliphatic heterocycles. The molecule has 0 aliphatic carbocycles. The summed E-state index contributed by atoms with van der Waals surface area (Å²) >= 11 is 3.35. The number of sulfone groups is 1. The molecule has 0 radical (unpaired) electrons. The highest BCUT2D eigenvalue weighted by Gasteiger charge is 2.38. The van der Waals surface area contributed by atoms with Crippen LogP contribution in [0.1, 0.15) is 18.5 Å². The van der Waals surface area contributed by atoms with Gasteiger partial charge in [-0.2, -0.15) is 0 Å². The van der Waals surface area contributed by atoms with Gasteiger partial charge in [0.05, 0.1) is 11.5 Å². The highest BCUT2D eigenvalue weighted by Crippen LogP contribution is 2.30. The Labute approximate surface area is 120 Å². The predicted octanol–water partition coefficient (Wildman–Crippen LogP) is 1.01. The number of halogens is 1. The maximum atomic E-state index is 11.4. The van der Waals surface area contributed by atoms with Crippen LogP contribution in [0.5, 0.6) is 5.75 Å². The van der Waals surface area contributed by atoms with E-state index < -0.39 is 22.0 Å². The van der Waals surface area contributed by atoms with E-state index in [0.717, 1.165) is 10.0 Å². The van der Waals surface area contributed by atoms with Crippen molar-refractivity contribution in [2.75, 3.05) is 11.5 Å². The molecule has 106 valence electrons. The average Bonchev–Trinajstić information content (AvgIpc) is 2.54. The van der Waals surface area contributed by atoms with Gasteiger partial charge in [0.25, 0.3) is 0 Å². The molecule has 19 heavy (non-hydrogen) atoms. The molecule has 3 atom stereocenters. The Morgan fingerprint density at radius 3 is 2.68 bits per heavy atom. The zero-order valence-corrected chi connectivity index (χ0v) is 12.8. The molecule has 5 nitrogen and oxygen atoms in total. The number of aliphatic hydroxyl groups excluding tert-OH is 1. The van der Waals surface area contributed by atoms with E-state index in [2.05, 4.69) is 15.9 Å². The van der Waals surface area contributed by atoms with E-state index in [-0.39, 0.29) is 17.5 Å². The Bertz CT molecular complexity index is 573. The summed E-state index contributed by atoms with van der Waals surface area (Å²) in [4.78, 5) is 0. The smallest absolute Gasteiger partial charge is 0.156 e. The second kappa shape index (κ2) is 5.40. The van der Waals surface area contributed by atoms with Crippen LogP contribution in [0.15, 0.2) is 22.7 Å². The van der Waals surface area contributed by atoms with Gasteiger partial charge in [-0.1, -0.05) is 15.9 Å². The summed E-state index contributed by atoms with van der Waals surface area (Å²) in [7, 11) is -3.22. The molecule has 1 aromatic carbocycles. The van der Waals surface area contributed by atoms with Gasteiger partial charge in [0.1, 0.15) is 18.0 Å². The first kappa shape index (κ1) is 14.8. The van der Waals surface area contributed by atoms with Gasteiger partial charge in [0, 0.05) is 16.1 Å². The minimum Gasteiger partial charge on any atom is -0.486 e. The van der Waals surface area contributed by atoms with Crippen LogP contribution < -0.4 is 10.5 Å². The Morgan fingerprint density at radius 1 is 1.47 bits per heavy atom. The molecule has 0 spiro atoms. The number of benzene rings is 1. The highest BCUT2D eigenvalue weighted by atomic mass is 79.9. The van der Waals surface area contributed by atoms with E-state index in [9.17, 15) is 13.5 Å². The minimum atomic E-state index is -3.22. The second-order valence-electron chi connectivity index (χ2n) is 4.77. The van der Waals surface area contributed by atoms with Crippen molar-refractivity contribution >= 4 is 25.8 Å². The van der Waals surface area contributed by atoms with Gasteiger partial charge in [-0.05, 0) is 25.1 Å². The van der Waals surface area contributed by atoms with Gasteiger partial charge in [-0.3, -0.25) is 0 Å². The lowest BCUT2D eigenvalue weighted by Crippen LogP contribution is -2.30. The third-order valence-electron chi connectivity index (χ3n) is 3.01. The number of hydrogen-bond donors (Lipinski definition) is 2.